The van der Waals surface area contributed by atoms with Crippen LogP contribution in [0, 0.1) is 13.8 Å². The first-order chi connectivity index (χ1) is 15.5. The van der Waals surface area contributed by atoms with Crippen LogP contribution in [0.5, 0.6) is 5.75 Å². The molecule has 10 nitrogen and oxygen atoms in total. The topological polar surface area (TPSA) is 114 Å². The highest BCUT2D eigenvalue weighted by atomic mass is 16.5. The molecule has 0 spiro atoms. The van der Waals surface area contributed by atoms with Crippen molar-refractivity contribution in [2.24, 2.45) is 0 Å². The Labute approximate surface area is 182 Å². The lowest BCUT2D eigenvalue weighted by Gasteiger charge is -2.07. The third-order valence-electron chi connectivity index (χ3n) is 5.28. The largest absolute Gasteiger partial charge is 0.494 e. The van der Waals surface area contributed by atoms with E-state index in [1.165, 1.54) is 21.1 Å². The first kappa shape index (κ1) is 19.6. The molecule has 160 valence electrons. The van der Waals surface area contributed by atoms with Gasteiger partial charge in [-0.05, 0) is 43.2 Å². The summed E-state index contributed by atoms with van der Waals surface area (Å²) >= 11 is 0. The molecule has 2 aromatic carbocycles. The van der Waals surface area contributed by atoms with E-state index in [1.807, 2.05) is 50.2 Å². The monoisotopic (exact) mass is 429 g/mol. The summed E-state index contributed by atoms with van der Waals surface area (Å²) in [7, 11) is 1.56. The molecule has 0 aliphatic rings. The van der Waals surface area contributed by atoms with Gasteiger partial charge in [-0.2, -0.15) is 9.67 Å². The number of hydrogen-bond acceptors (Lipinski definition) is 8. The summed E-state index contributed by atoms with van der Waals surface area (Å²) in [5.74, 6) is 1.35. The molecule has 32 heavy (non-hydrogen) atoms. The van der Waals surface area contributed by atoms with Crippen molar-refractivity contribution in [2.45, 2.75) is 20.4 Å². The number of methoxy groups -OCH3 is 1. The summed E-state index contributed by atoms with van der Waals surface area (Å²) in [6.07, 6.45) is 1.42. The number of aryl methyl sites for hydroxylation is 2. The van der Waals surface area contributed by atoms with Crippen LogP contribution in [-0.4, -0.2) is 41.8 Å². The van der Waals surface area contributed by atoms with Crippen LogP contribution in [0.2, 0.25) is 0 Å². The Hall–Kier alpha value is -4.34. The van der Waals surface area contributed by atoms with Gasteiger partial charge in [0.25, 0.3) is 5.56 Å². The number of hydrogen-bond donors (Lipinski definition) is 0. The molecule has 0 N–H and O–H groups in total. The SMILES string of the molecule is COc1ccccc1-n1nnc2c(=O)n(Cc3nc(-c4ccc(C)c(C)c4)no3)cnc21. The summed E-state index contributed by atoms with van der Waals surface area (Å²) in [5.41, 5.74) is 3.91. The molecule has 0 saturated heterocycles. The van der Waals surface area contributed by atoms with Crippen molar-refractivity contribution in [1.29, 1.82) is 0 Å². The maximum absolute atomic E-state index is 13.0. The fraction of sp³-hybridized carbons (Fsp3) is 0.182. The second-order valence-electron chi connectivity index (χ2n) is 7.33. The molecule has 0 unspecified atom stereocenters. The Bertz CT molecular complexity index is 1500. The van der Waals surface area contributed by atoms with Crippen LogP contribution < -0.4 is 10.3 Å². The van der Waals surface area contributed by atoms with Gasteiger partial charge in [0.2, 0.25) is 11.7 Å². The van der Waals surface area contributed by atoms with Crippen molar-refractivity contribution in [3.05, 3.63) is 76.2 Å². The second kappa shape index (κ2) is 7.73. The van der Waals surface area contributed by atoms with Crippen molar-refractivity contribution < 1.29 is 9.26 Å². The highest BCUT2D eigenvalue weighted by Gasteiger charge is 2.17. The molecular weight excluding hydrogens is 410 g/mol. The zero-order valence-corrected chi connectivity index (χ0v) is 17.7. The lowest BCUT2D eigenvalue weighted by atomic mass is 10.1. The van der Waals surface area contributed by atoms with Crippen molar-refractivity contribution in [3.8, 4) is 22.8 Å². The zero-order chi connectivity index (χ0) is 22.2. The third-order valence-corrected chi connectivity index (χ3v) is 5.28. The van der Waals surface area contributed by atoms with E-state index in [1.54, 1.807) is 13.2 Å². The Morgan fingerprint density at radius 3 is 2.75 bits per heavy atom. The molecule has 0 atom stereocenters. The van der Waals surface area contributed by atoms with Gasteiger partial charge in [0, 0.05) is 5.56 Å². The van der Waals surface area contributed by atoms with Crippen LogP contribution in [0.3, 0.4) is 0 Å². The van der Waals surface area contributed by atoms with Crippen LogP contribution in [0.25, 0.3) is 28.2 Å². The van der Waals surface area contributed by atoms with Gasteiger partial charge in [-0.25, -0.2) is 4.98 Å². The fourth-order valence-corrected chi connectivity index (χ4v) is 3.39. The van der Waals surface area contributed by atoms with Crippen molar-refractivity contribution in [1.82, 2.24) is 34.7 Å². The maximum atomic E-state index is 13.0. The lowest BCUT2D eigenvalue weighted by molar-refractivity contribution is 0.369. The average molecular weight is 429 g/mol. The Balaban J connectivity index is 1.47. The van der Waals surface area contributed by atoms with E-state index in [0.29, 0.717) is 28.8 Å². The van der Waals surface area contributed by atoms with Crippen molar-refractivity contribution >= 4 is 11.2 Å². The predicted octanol–water partition coefficient (Wildman–Crippen LogP) is 2.70. The second-order valence-corrected chi connectivity index (χ2v) is 7.33. The molecular formula is C22H19N7O3. The van der Waals surface area contributed by atoms with Gasteiger partial charge >= 0.3 is 0 Å². The Kier molecular flexibility index (Phi) is 4.74. The normalized spacial score (nSPS) is 11.2. The van der Waals surface area contributed by atoms with E-state index in [2.05, 4.69) is 25.4 Å². The number of rotatable bonds is 5. The molecule has 0 saturated carbocycles. The highest BCUT2D eigenvalue weighted by molar-refractivity contribution is 5.71. The van der Waals surface area contributed by atoms with E-state index in [-0.39, 0.29) is 17.6 Å². The highest BCUT2D eigenvalue weighted by Crippen LogP contribution is 2.23. The predicted molar refractivity (Wildman–Crippen MR) is 116 cm³/mol. The molecule has 0 bridgehead atoms. The minimum Gasteiger partial charge on any atom is -0.494 e. The molecule has 0 aliphatic carbocycles. The number of aromatic nitrogens is 7. The van der Waals surface area contributed by atoms with E-state index < -0.39 is 0 Å². The molecule has 0 amide bonds. The minimum absolute atomic E-state index is 0.0706. The van der Waals surface area contributed by atoms with E-state index in [4.69, 9.17) is 9.26 Å². The smallest absolute Gasteiger partial charge is 0.284 e. The van der Waals surface area contributed by atoms with E-state index in [0.717, 1.165) is 11.1 Å². The molecule has 3 heterocycles. The quantitative estimate of drug-likeness (QED) is 0.419. The number of nitrogens with zero attached hydrogens (tertiary/aromatic N) is 7. The van der Waals surface area contributed by atoms with Crippen molar-refractivity contribution in [3.63, 3.8) is 0 Å². The van der Waals surface area contributed by atoms with Gasteiger partial charge in [0.1, 0.15) is 24.3 Å². The van der Waals surface area contributed by atoms with Crippen LogP contribution in [0.15, 0.2) is 58.1 Å². The summed E-state index contributed by atoms with van der Waals surface area (Å²) in [6.45, 7) is 4.14. The third kappa shape index (κ3) is 3.31. The van der Waals surface area contributed by atoms with Crippen LogP contribution in [0.4, 0.5) is 0 Å². The molecule has 10 heteroatoms. The van der Waals surface area contributed by atoms with Gasteiger partial charge in [-0.3, -0.25) is 9.36 Å². The summed E-state index contributed by atoms with van der Waals surface area (Å²) < 4.78 is 13.6. The van der Waals surface area contributed by atoms with Gasteiger partial charge < -0.3 is 9.26 Å². The molecule has 3 aromatic heterocycles. The van der Waals surface area contributed by atoms with Crippen LogP contribution in [-0.2, 0) is 6.54 Å². The number of ether oxygens (including phenoxy) is 1. The average Bonchev–Trinajstić information content (AvgIpc) is 3.45. The van der Waals surface area contributed by atoms with E-state index >= 15 is 0 Å². The van der Waals surface area contributed by atoms with Gasteiger partial charge in [0.15, 0.2) is 11.2 Å². The van der Waals surface area contributed by atoms with Gasteiger partial charge in [0.05, 0.1) is 7.11 Å². The first-order valence-corrected chi connectivity index (χ1v) is 9.89. The van der Waals surface area contributed by atoms with Crippen LogP contribution >= 0.6 is 0 Å². The number of fused-ring (bicyclic) bond motifs is 1. The van der Waals surface area contributed by atoms with Crippen LogP contribution in [0.1, 0.15) is 17.0 Å². The molecule has 0 aliphatic heterocycles. The zero-order valence-electron chi connectivity index (χ0n) is 17.7. The summed E-state index contributed by atoms with van der Waals surface area (Å²) in [6, 6.07) is 13.2. The van der Waals surface area contributed by atoms with Gasteiger partial charge in [-0.1, -0.05) is 34.6 Å². The first-order valence-electron chi connectivity index (χ1n) is 9.89. The summed E-state index contributed by atoms with van der Waals surface area (Å²) in [4.78, 5) is 21.8. The number of para-hydroxylation sites is 2. The summed E-state index contributed by atoms with van der Waals surface area (Å²) in [5, 5.41) is 12.2. The molecule has 5 rings (SSSR count). The molecule has 0 radical (unpaired) electrons. The number of benzene rings is 2. The minimum atomic E-state index is -0.359. The van der Waals surface area contributed by atoms with E-state index in [9.17, 15) is 4.79 Å². The fourth-order valence-electron chi connectivity index (χ4n) is 3.39. The van der Waals surface area contributed by atoms with Crippen molar-refractivity contribution in [2.75, 3.05) is 7.11 Å². The molecule has 5 aromatic rings. The molecule has 0 fully saturated rings. The van der Waals surface area contributed by atoms with Gasteiger partial charge in [-0.15, -0.1) is 5.10 Å². The Morgan fingerprint density at radius 2 is 1.94 bits per heavy atom. The Morgan fingerprint density at radius 1 is 1.09 bits per heavy atom. The standard InChI is InChI=1S/C22H19N7O3/c1-13-8-9-15(10-14(13)2)20-24-18(32-26-20)11-28-12-23-21-19(22(28)30)25-27-29(21)16-6-4-5-7-17(16)31-3/h4-10,12H,11H2,1-3H3. The lowest BCUT2D eigenvalue weighted by Crippen LogP contribution is -2.21. The maximum Gasteiger partial charge on any atom is 0.284 e.